The zero-order valence-electron chi connectivity index (χ0n) is 17.6. The van der Waals surface area contributed by atoms with Crippen LogP contribution in [0.5, 0.6) is 5.75 Å². The van der Waals surface area contributed by atoms with E-state index in [1.54, 1.807) is 35.1 Å². The highest BCUT2D eigenvalue weighted by Crippen LogP contribution is 2.42. The van der Waals surface area contributed by atoms with Crippen molar-refractivity contribution in [3.05, 3.63) is 52.9 Å². The number of anilines is 2. The van der Waals surface area contributed by atoms with Crippen LogP contribution < -0.4 is 9.64 Å². The first-order chi connectivity index (χ1) is 15.7. The van der Waals surface area contributed by atoms with Crippen molar-refractivity contribution in [2.45, 2.75) is 36.7 Å². The lowest BCUT2D eigenvalue weighted by molar-refractivity contribution is -0.115. The Bertz CT molecular complexity index is 1230. The van der Waals surface area contributed by atoms with E-state index in [1.165, 1.54) is 18.3 Å². The summed E-state index contributed by atoms with van der Waals surface area (Å²) in [7, 11) is 1.60. The van der Waals surface area contributed by atoms with E-state index in [2.05, 4.69) is 26.2 Å². The molecule has 1 aliphatic rings. The topological polar surface area (TPSA) is 73.1 Å². The van der Waals surface area contributed by atoms with Crippen LogP contribution in [0.15, 0.2) is 52.3 Å². The van der Waals surface area contributed by atoms with Crippen molar-refractivity contribution in [2.24, 2.45) is 0 Å². The maximum Gasteiger partial charge on any atom is 0.230 e. The van der Waals surface area contributed by atoms with Crippen LogP contribution in [0.25, 0.3) is 10.7 Å². The van der Waals surface area contributed by atoms with Crippen LogP contribution in [0.4, 0.5) is 10.8 Å². The standard InChI is InChI=1S/C22H21N5O2S3/c1-14(28)26(17-6-3-4-7-18(17)29-2)21-23-15(12-31-21)13-32-22-25-24-20(19-8-5-11-30-19)27(22)16-9-10-16/h3-8,11-12,16H,9-10,13H2,1-2H3. The lowest BCUT2D eigenvalue weighted by atomic mass is 10.2. The number of ether oxygens (including phenoxy) is 1. The molecule has 1 saturated carbocycles. The number of nitrogens with zero attached hydrogens (tertiary/aromatic N) is 5. The summed E-state index contributed by atoms with van der Waals surface area (Å²) in [6, 6.07) is 12.1. The molecule has 1 fully saturated rings. The Labute approximate surface area is 198 Å². The summed E-state index contributed by atoms with van der Waals surface area (Å²) in [5.74, 6) is 2.12. The van der Waals surface area contributed by atoms with Crippen LogP contribution in [-0.4, -0.2) is 32.8 Å². The lowest BCUT2D eigenvalue weighted by Gasteiger charge is -2.20. The minimum absolute atomic E-state index is 0.114. The second kappa shape index (κ2) is 9.05. The van der Waals surface area contributed by atoms with Crippen LogP contribution in [0.2, 0.25) is 0 Å². The fourth-order valence-corrected chi connectivity index (χ4v) is 6.03. The molecule has 10 heteroatoms. The molecule has 0 saturated heterocycles. The van der Waals surface area contributed by atoms with Crippen LogP contribution >= 0.6 is 34.4 Å². The van der Waals surface area contributed by atoms with Gasteiger partial charge in [-0.25, -0.2) is 4.98 Å². The quantitative estimate of drug-likeness (QED) is 0.296. The summed E-state index contributed by atoms with van der Waals surface area (Å²) in [4.78, 5) is 19.9. The number of carbonyl (C=O) groups excluding carboxylic acids is 1. The van der Waals surface area contributed by atoms with E-state index < -0.39 is 0 Å². The van der Waals surface area contributed by atoms with Crippen LogP contribution in [0, 0.1) is 0 Å². The summed E-state index contributed by atoms with van der Waals surface area (Å²) in [6.07, 6.45) is 2.33. The maximum absolute atomic E-state index is 12.5. The molecule has 4 aromatic rings. The van der Waals surface area contributed by atoms with Crippen molar-refractivity contribution in [3.8, 4) is 16.5 Å². The Kier molecular flexibility index (Phi) is 5.99. The Morgan fingerprint density at radius 3 is 2.78 bits per heavy atom. The number of carbonyl (C=O) groups is 1. The van der Waals surface area contributed by atoms with E-state index in [1.807, 2.05) is 35.7 Å². The molecule has 0 spiro atoms. The summed E-state index contributed by atoms with van der Waals surface area (Å²) >= 11 is 4.76. The fourth-order valence-electron chi connectivity index (χ4n) is 3.44. The molecule has 0 unspecified atom stereocenters. The molecule has 1 aromatic carbocycles. The third-order valence-electron chi connectivity index (χ3n) is 5.04. The molecule has 0 bridgehead atoms. The minimum atomic E-state index is -0.114. The van der Waals surface area contributed by atoms with Crippen molar-refractivity contribution in [2.75, 3.05) is 12.0 Å². The van der Waals surface area contributed by atoms with Gasteiger partial charge in [-0.05, 0) is 36.4 Å². The molecule has 0 atom stereocenters. The fraction of sp³-hybridized carbons (Fsp3) is 0.273. The van der Waals surface area contributed by atoms with Crippen LogP contribution in [-0.2, 0) is 10.5 Å². The second-order valence-electron chi connectivity index (χ2n) is 7.32. The highest BCUT2D eigenvalue weighted by atomic mass is 32.2. The number of thiazole rings is 1. The van der Waals surface area contributed by atoms with Gasteiger partial charge in [-0.2, -0.15) is 0 Å². The summed E-state index contributed by atoms with van der Waals surface area (Å²) in [5, 5.41) is 14.5. The predicted octanol–water partition coefficient (Wildman–Crippen LogP) is 5.78. The van der Waals surface area contributed by atoms with Crippen LogP contribution in [0.3, 0.4) is 0 Å². The Balaban J connectivity index is 1.36. The zero-order chi connectivity index (χ0) is 22.1. The van der Waals surface area contributed by atoms with Crippen molar-refractivity contribution in [1.29, 1.82) is 0 Å². The minimum Gasteiger partial charge on any atom is -0.495 e. The maximum atomic E-state index is 12.5. The Morgan fingerprint density at radius 2 is 2.06 bits per heavy atom. The van der Waals surface area contributed by atoms with Crippen molar-refractivity contribution in [1.82, 2.24) is 19.7 Å². The van der Waals surface area contributed by atoms with Gasteiger partial charge in [0.15, 0.2) is 16.1 Å². The molecule has 0 radical (unpaired) electrons. The number of hydrogen-bond acceptors (Lipinski definition) is 8. The van der Waals surface area contributed by atoms with E-state index in [4.69, 9.17) is 9.72 Å². The first kappa shape index (κ1) is 21.2. The largest absolute Gasteiger partial charge is 0.495 e. The third kappa shape index (κ3) is 4.17. The average molecular weight is 484 g/mol. The molecular weight excluding hydrogens is 462 g/mol. The van der Waals surface area contributed by atoms with Gasteiger partial charge in [0.2, 0.25) is 5.91 Å². The molecule has 32 heavy (non-hydrogen) atoms. The number of aromatic nitrogens is 4. The Hall–Kier alpha value is -2.69. The molecule has 3 aromatic heterocycles. The van der Waals surface area contributed by atoms with Gasteiger partial charge in [0.25, 0.3) is 0 Å². The highest BCUT2D eigenvalue weighted by molar-refractivity contribution is 7.98. The van der Waals surface area contributed by atoms with Gasteiger partial charge >= 0.3 is 0 Å². The van der Waals surface area contributed by atoms with E-state index in [-0.39, 0.29) is 5.91 Å². The summed E-state index contributed by atoms with van der Waals surface area (Å²) in [6.45, 7) is 1.53. The van der Waals surface area contributed by atoms with Gasteiger partial charge in [-0.1, -0.05) is 30.0 Å². The van der Waals surface area contributed by atoms with Gasteiger partial charge in [0.1, 0.15) is 5.75 Å². The van der Waals surface area contributed by atoms with E-state index >= 15 is 0 Å². The number of para-hydroxylation sites is 2. The monoisotopic (exact) mass is 483 g/mol. The molecule has 7 nitrogen and oxygen atoms in total. The van der Waals surface area contributed by atoms with Gasteiger partial charge in [-0.3, -0.25) is 14.3 Å². The predicted molar refractivity (Wildman–Crippen MR) is 129 cm³/mol. The van der Waals surface area contributed by atoms with Crippen molar-refractivity contribution < 1.29 is 9.53 Å². The van der Waals surface area contributed by atoms with Crippen molar-refractivity contribution in [3.63, 3.8) is 0 Å². The average Bonchev–Trinajstić information content (AvgIpc) is 3.19. The summed E-state index contributed by atoms with van der Waals surface area (Å²) in [5.41, 5.74) is 1.59. The van der Waals surface area contributed by atoms with Gasteiger partial charge in [-0.15, -0.1) is 32.9 Å². The number of benzene rings is 1. The molecule has 1 amide bonds. The molecule has 0 N–H and O–H groups in total. The highest BCUT2D eigenvalue weighted by Gasteiger charge is 2.30. The van der Waals surface area contributed by atoms with Crippen LogP contribution in [0.1, 0.15) is 31.5 Å². The van der Waals surface area contributed by atoms with Crippen molar-refractivity contribution >= 4 is 51.2 Å². The molecule has 3 heterocycles. The SMILES string of the molecule is COc1ccccc1N(C(C)=O)c1nc(CSc2nnc(-c3cccs3)n2C2CC2)cs1. The van der Waals surface area contributed by atoms with E-state index in [9.17, 15) is 4.79 Å². The number of rotatable bonds is 8. The number of thioether (sulfide) groups is 1. The number of amides is 1. The summed E-state index contributed by atoms with van der Waals surface area (Å²) < 4.78 is 7.71. The first-order valence-corrected chi connectivity index (χ1v) is 12.9. The Morgan fingerprint density at radius 1 is 1.22 bits per heavy atom. The molecule has 0 aliphatic heterocycles. The zero-order valence-corrected chi connectivity index (χ0v) is 20.0. The van der Waals surface area contributed by atoms with E-state index in [0.717, 1.165) is 34.4 Å². The second-order valence-corrected chi connectivity index (χ2v) is 10.0. The molecule has 1 aliphatic carbocycles. The third-order valence-corrected chi connectivity index (χ3v) is 7.76. The molecular formula is C22H21N5O2S3. The van der Waals surface area contributed by atoms with Gasteiger partial charge < -0.3 is 4.74 Å². The number of thiophene rings is 1. The first-order valence-electron chi connectivity index (χ1n) is 10.2. The van der Waals surface area contributed by atoms with E-state index in [0.29, 0.717) is 28.4 Å². The van der Waals surface area contributed by atoms with Gasteiger partial charge in [0.05, 0.1) is 23.4 Å². The normalized spacial score (nSPS) is 13.3. The number of hydrogen-bond donors (Lipinski definition) is 0. The molecule has 164 valence electrons. The smallest absolute Gasteiger partial charge is 0.230 e. The molecule has 5 rings (SSSR count). The lowest BCUT2D eigenvalue weighted by Crippen LogP contribution is -2.23. The van der Waals surface area contributed by atoms with Gasteiger partial charge in [0, 0.05) is 24.1 Å². The number of methoxy groups -OCH3 is 1.